The lowest BCUT2D eigenvalue weighted by molar-refractivity contribution is 0.0150. The zero-order valence-electron chi connectivity index (χ0n) is 15.3. The molecule has 2 amide bonds. The Labute approximate surface area is 154 Å². The largest absolute Gasteiger partial charge is 0.468 e. The van der Waals surface area contributed by atoms with E-state index in [0.717, 1.165) is 36.4 Å². The van der Waals surface area contributed by atoms with Gasteiger partial charge in [-0.05, 0) is 56.4 Å². The number of anilines is 1. The van der Waals surface area contributed by atoms with Gasteiger partial charge in [0, 0.05) is 23.8 Å². The van der Waals surface area contributed by atoms with E-state index < -0.39 is 0 Å². The van der Waals surface area contributed by atoms with Gasteiger partial charge in [0.1, 0.15) is 5.76 Å². The highest BCUT2D eigenvalue weighted by atomic mass is 16.3. The van der Waals surface area contributed by atoms with E-state index in [-0.39, 0.29) is 12.1 Å². The first kappa shape index (κ1) is 17.2. The number of piperidine rings is 2. The topological polar surface area (TPSA) is 57.5 Å². The molecule has 26 heavy (non-hydrogen) atoms. The Kier molecular flexibility index (Phi) is 4.98. The maximum atomic E-state index is 12.4. The van der Waals surface area contributed by atoms with Gasteiger partial charge in [-0.1, -0.05) is 24.6 Å². The van der Waals surface area contributed by atoms with E-state index in [9.17, 15) is 4.79 Å². The fourth-order valence-corrected chi connectivity index (χ4v) is 4.49. The molecule has 0 aliphatic carbocycles. The first-order valence-corrected chi connectivity index (χ1v) is 9.60. The van der Waals surface area contributed by atoms with E-state index in [1.807, 2.05) is 37.3 Å². The average molecular weight is 353 g/mol. The van der Waals surface area contributed by atoms with E-state index in [1.54, 1.807) is 6.26 Å². The van der Waals surface area contributed by atoms with Gasteiger partial charge < -0.3 is 15.1 Å². The van der Waals surface area contributed by atoms with Gasteiger partial charge in [0.2, 0.25) is 0 Å². The summed E-state index contributed by atoms with van der Waals surface area (Å²) in [5.41, 5.74) is 1.95. The number of nitrogens with zero attached hydrogens (tertiary/aromatic N) is 1. The van der Waals surface area contributed by atoms with Gasteiger partial charge in [0.05, 0.1) is 12.8 Å². The number of amides is 2. The molecule has 2 aliphatic rings. The van der Waals surface area contributed by atoms with Crippen LogP contribution in [0, 0.1) is 6.92 Å². The minimum atomic E-state index is -0.0955. The molecule has 2 unspecified atom stereocenters. The highest BCUT2D eigenvalue weighted by Gasteiger charge is 2.38. The quantitative estimate of drug-likeness (QED) is 0.862. The number of furan rings is 1. The number of benzene rings is 1. The minimum absolute atomic E-state index is 0.0955. The lowest BCUT2D eigenvalue weighted by atomic mass is 9.81. The van der Waals surface area contributed by atoms with Gasteiger partial charge >= 0.3 is 6.03 Å². The standard InChI is InChI=1S/C21H27N3O2/c1-15-6-2-3-10-20(15)23-21(25)22-16-12-17-7-4-8-18(13-16)24(17)14-19-9-5-11-26-19/h2-3,5-6,9-11,16-18H,4,7-8,12-14H2,1H3,(H2,22,23,25). The summed E-state index contributed by atoms with van der Waals surface area (Å²) in [6.07, 6.45) is 7.46. The molecule has 2 atom stereocenters. The van der Waals surface area contributed by atoms with Crippen LogP contribution in [0.1, 0.15) is 43.4 Å². The summed E-state index contributed by atoms with van der Waals surface area (Å²) in [7, 11) is 0. The first-order valence-electron chi connectivity index (χ1n) is 9.60. The monoisotopic (exact) mass is 353 g/mol. The molecule has 2 aliphatic heterocycles. The second-order valence-corrected chi connectivity index (χ2v) is 7.57. The van der Waals surface area contributed by atoms with E-state index in [4.69, 9.17) is 4.42 Å². The summed E-state index contributed by atoms with van der Waals surface area (Å²) in [6.45, 7) is 2.89. The number of nitrogens with one attached hydrogen (secondary N) is 2. The van der Waals surface area contributed by atoms with Gasteiger partial charge in [0.25, 0.3) is 0 Å². The Bertz CT molecular complexity index is 729. The summed E-state index contributed by atoms with van der Waals surface area (Å²) in [5.74, 6) is 1.03. The zero-order chi connectivity index (χ0) is 17.9. The fourth-order valence-electron chi connectivity index (χ4n) is 4.49. The van der Waals surface area contributed by atoms with Crippen molar-refractivity contribution in [2.75, 3.05) is 5.32 Å². The number of carbonyl (C=O) groups excluding carboxylic acids is 1. The highest BCUT2D eigenvalue weighted by Crippen LogP contribution is 2.35. The summed E-state index contributed by atoms with van der Waals surface area (Å²) in [6, 6.07) is 13.1. The smallest absolute Gasteiger partial charge is 0.319 e. The number of urea groups is 1. The van der Waals surface area contributed by atoms with Crippen molar-refractivity contribution in [3.05, 3.63) is 54.0 Å². The van der Waals surface area contributed by atoms with Crippen LogP contribution in [-0.4, -0.2) is 29.1 Å². The Morgan fingerprint density at radius 3 is 2.62 bits per heavy atom. The van der Waals surface area contributed by atoms with Crippen LogP contribution in [0.15, 0.2) is 47.1 Å². The van der Waals surface area contributed by atoms with Crippen LogP contribution in [-0.2, 0) is 6.54 Å². The van der Waals surface area contributed by atoms with Crippen LogP contribution in [0.25, 0.3) is 0 Å². The second-order valence-electron chi connectivity index (χ2n) is 7.57. The molecule has 1 aromatic carbocycles. The van der Waals surface area contributed by atoms with E-state index in [0.29, 0.717) is 12.1 Å². The number of hydrogen-bond acceptors (Lipinski definition) is 3. The molecule has 0 radical (unpaired) electrons. The second kappa shape index (κ2) is 7.54. The number of hydrogen-bond donors (Lipinski definition) is 2. The van der Waals surface area contributed by atoms with Crippen molar-refractivity contribution in [2.24, 2.45) is 0 Å². The van der Waals surface area contributed by atoms with Gasteiger partial charge in [-0.2, -0.15) is 0 Å². The summed E-state index contributed by atoms with van der Waals surface area (Å²) in [4.78, 5) is 15.0. The Hall–Kier alpha value is -2.27. The molecule has 2 N–H and O–H groups in total. The molecule has 0 spiro atoms. The van der Waals surface area contributed by atoms with Gasteiger partial charge in [0.15, 0.2) is 0 Å². The third kappa shape index (κ3) is 3.78. The van der Waals surface area contributed by atoms with E-state index >= 15 is 0 Å². The molecule has 3 heterocycles. The average Bonchev–Trinajstić information content (AvgIpc) is 3.11. The van der Waals surface area contributed by atoms with E-state index in [2.05, 4.69) is 21.6 Å². The van der Waals surface area contributed by atoms with Gasteiger partial charge in [-0.25, -0.2) is 4.79 Å². The lowest BCUT2D eigenvalue weighted by Gasteiger charge is -2.48. The first-order chi connectivity index (χ1) is 12.7. The van der Waals surface area contributed by atoms with Crippen molar-refractivity contribution in [1.82, 2.24) is 10.2 Å². The van der Waals surface area contributed by atoms with Crippen molar-refractivity contribution in [3.63, 3.8) is 0 Å². The maximum absolute atomic E-state index is 12.4. The number of rotatable bonds is 4. The predicted molar refractivity (Wildman–Crippen MR) is 102 cm³/mol. The highest BCUT2D eigenvalue weighted by molar-refractivity contribution is 5.90. The molecule has 0 saturated carbocycles. The predicted octanol–water partition coefficient (Wildman–Crippen LogP) is 4.30. The molecule has 138 valence electrons. The van der Waals surface area contributed by atoms with Crippen LogP contribution in [0.2, 0.25) is 0 Å². The Morgan fingerprint density at radius 2 is 1.92 bits per heavy atom. The molecule has 2 saturated heterocycles. The van der Waals surface area contributed by atoms with Gasteiger partial charge in [-0.3, -0.25) is 4.90 Å². The molecular formula is C21H27N3O2. The molecule has 4 rings (SSSR count). The molecule has 2 bridgehead atoms. The number of para-hydroxylation sites is 1. The van der Waals surface area contributed by atoms with Crippen molar-refractivity contribution in [2.45, 2.75) is 63.7 Å². The van der Waals surface area contributed by atoms with Crippen LogP contribution in [0.3, 0.4) is 0 Å². The number of aryl methyl sites for hydroxylation is 1. The molecule has 2 aromatic rings. The molecule has 1 aromatic heterocycles. The molecule has 2 fully saturated rings. The zero-order valence-corrected chi connectivity index (χ0v) is 15.3. The van der Waals surface area contributed by atoms with Crippen molar-refractivity contribution in [1.29, 1.82) is 0 Å². The third-order valence-electron chi connectivity index (χ3n) is 5.77. The molecule has 5 heteroatoms. The molecular weight excluding hydrogens is 326 g/mol. The normalized spacial score (nSPS) is 25.7. The SMILES string of the molecule is Cc1ccccc1NC(=O)NC1CC2CCCC(C1)N2Cc1ccco1. The molecule has 5 nitrogen and oxygen atoms in total. The van der Waals surface area contributed by atoms with Crippen LogP contribution >= 0.6 is 0 Å². The van der Waals surface area contributed by atoms with Crippen LogP contribution in [0.5, 0.6) is 0 Å². The Morgan fingerprint density at radius 1 is 1.15 bits per heavy atom. The summed E-state index contributed by atoms with van der Waals surface area (Å²) in [5, 5.41) is 6.19. The van der Waals surface area contributed by atoms with Crippen LogP contribution < -0.4 is 10.6 Å². The third-order valence-corrected chi connectivity index (χ3v) is 5.77. The number of fused-ring (bicyclic) bond motifs is 2. The summed E-state index contributed by atoms with van der Waals surface area (Å²) >= 11 is 0. The maximum Gasteiger partial charge on any atom is 0.319 e. The Balaban J connectivity index is 1.36. The summed E-state index contributed by atoms with van der Waals surface area (Å²) < 4.78 is 5.55. The lowest BCUT2D eigenvalue weighted by Crippen LogP contribution is -2.56. The minimum Gasteiger partial charge on any atom is -0.468 e. The van der Waals surface area contributed by atoms with Crippen molar-refractivity contribution < 1.29 is 9.21 Å². The van der Waals surface area contributed by atoms with Crippen molar-refractivity contribution >= 4 is 11.7 Å². The number of carbonyl (C=O) groups is 1. The van der Waals surface area contributed by atoms with Crippen molar-refractivity contribution in [3.8, 4) is 0 Å². The van der Waals surface area contributed by atoms with Gasteiger partial charge in [-0.15, -0.1) is 0 Å². The fraction of sp³-hybridized carbons (Fsp3) is 0.476. The van der Waals surface area contributed by atoms with Crippen LogP contribution in [0.4, 0.5) is 10.5 Å². The van der Waals surface area contributed by atoms with E-state index in [1.165, 1.54) is 19.3 Å².